The average Bonchev–Trinajstić information content (AvgIpc) is 3.51. The molecule has 4 rings (SSSR count). The molecule has 1 amide bonds. The maximum Gasteiger partial charge on any atom is 0.340 e. The summed E-state index contributed by atoms with van der Waals surface area (Å²) in [6.45, 7) is 1.53. The molecule has 2 aromatic carbocycles. The SMILES string of the molecule is COc1ccc(N(C)S(=O)(=O)c2ccc(Cl)c(C(=O)OCC(=O)N[C@@H](C)[C@H]3C[C@@H]4CC[C@@H]3C4)c2)cc1. The quantitative estimate of drug-likeness (QED) is 0.482. The zero-order valence-electron chi connectivity index (χ0n) is 20.6. The van der Waals surface area contributed by atoms with Gasteiger partial charge in [-0.2, -0.15) is 0 Å². The molecule has 2 aromatic rings. The second-order valence-corrected chi connectivity index (χ2v) is 12.0. The maximum absolute atomic E-state index is 13.2. The van der Waals surface area contributed by atoms with Crippen LogP contribution in [-0.2, 0) is 19.6 Å². The Morgan fingerprint density at radius 3 is 2.47 bits per heavy atom. The molecule has 8 nitrogen and oxygen atoms in total. The first-order valence-corrected chi connectivity index (χ1v) is 13.8. The zero-order valence-corrected chi connectivity index (χ0v) is 22.1. The van der Waals surface area contributed by atoms with E-state index < -0.39 is 28.5 Å². The molecule has 0 unspecified atom stereocenters. The van der Waals surface area contributed by atoms with Crippen LogP contribution in [0.1, 0.15) is 43.0 Å². The number of benzene rings is 2. The number of carbonyl (C=O) groups is 2. The average molecular weight is 535 g/mol. The molecule has 0 heterocycles. The summed E-state index contributed by atoms with van der Waals surface area (Å²) in [5.41, 5.74) is 0.283. The first kappa shape index (κ1) is 26.3. The number of fused-ring (bicyclic) bond motifs is 2. The second-order valence-electron chi connectivity index (χ2n) is 9.58. The lowest BCUT2D eigenvalue weighted by Gasteiger charge is -2.28. The van der Waals surface area contributed by atoms with Gasteiger partial charge in [0.05, 0.1) is 28.3 Å². The molecule has 0 radical (unpaired) electrons. The highest BCUT2D eigenvalue weighted by Crippen LogP contribution is 2.49. The lowest BCUT2D eigenvalue weighted by molar-refractivity contribution is -0.125. The number of hydrogen-bond acceptors (Lipinski definition) is 6. The van der Waals surface area contributed by atoms with Gasteiger partial charge in [-0.25, -0.2) is 13.2 Å². The van der Waals surface area contributed by atoms with E-state index in [0.717, 1.165) is 22.7 Å². The van der Waals surface area contributed by atoms with Crippen molar-refractivity contribution >= 4 is 39.2 Å². The molecular formula is C26H31ClN2O6S. The fraction of sp³-hybridized carbons (Fsp3) is 0.462. The summed E-state index contributed by atoms with van der Waals surface area (Å²) in [6.07, 6.45) is 4.87. The van der Waals surface area contributed by atoms with E-state index in [1.165, 1.54) is 45.6 Å². The molecule has 1 N–H and O–H groups in total. The standard InChI is InChI=1S/C26H31ClN2O6S/c1-16(22-13-17-4-5-18(22)12-17)28-25(30)15-35-26(31)23-14-21(10-11-24(23)27)36(32,33)29(2)19-6-8-20(34-3)9-7-19/h6-11,14,16-18,22H,4-5,12-13,15H2,1-3H3,(H,28,30)/t16-,17+,18+,22+/m0/s1. The van der Waals surface area contributed by atoms with E-state index in [9.17, 15) is 18.0 Å². The number of rotatable bonds is 9. The molecule has 10 heteroatoms. The van der Waals surface area contributed by atoms with Crippen LogP contribution in [0.25, 0.3) is 0 Å². The number of anilines is 1. The summed E-state index contributed by atoms with van der Waals surface area (Å²) < 4.78 is 37.7. The van der Waals surface area contributed by atoms with Gasteiger partial charge < -0.3 is 14.8 Å². The summed E-state index contributed by atoms with van der Waals surface area (Å²) in [5.74, 6) is 1.22. The smallest absolute Gasteiger partial charge is 0.340 e. The van der Waals surface area contributed by atoms with E-state index in [1.54, 1.807) is 24.3 Å². The predicted octanol–water partition coefficient (Wildman–Crippen LogP) is 4.27. The number of ether oxygens (including phenoxy) is 2. The second kappa shape index (κ2) is 10.7. The van der Waals surface area contributed by atoms with E-state index in [0.29, 0.717) is 23.3 Å². The lowest BCUT2D eigenvalue weighted by atomic mass is 9.84. The van der Waals surface area contributed by atoms with Crippen LogP contribution in [0.4, 0.5) is 5.69 Å². The van der Waals surface area contributed by atoms with Gasteiger partial charge in [-0.1, -0.05) is 18.0 Å². The monoisotopic (exact) mass is 534 g/mol. The van der Waals surface area contributed by atoms with Crippen molar-refractivity contribution in [2.75, 3.05) is 25.1 Å². The molecule has 2 aliphatic carbocycles. The van der Waals surface area contributed by atoms with Crippen LogP contribution in [0.3, 0.4) is 0 Å². The Morgan fingerprint density at radius 2 is 1.86 bits per heavy atom. The fourth-order valence-electron chi connectivity index (χ4n) is 5.43. The molecule has 2 saturated carbocycles. The normalized spacial score (nSPS) is 21.6. The van der Waals surface area contributed by atoms with Crippen molar-refractivity contribution in [3.8, 4) is 5.75 Å². The third-order valence-corrected chi connectivity index (χ3v) is 9.52. The first-order chi connectivity index (χ1) is 17.1. The highest BCUT2D eigenvalue weighted by molar-refractivity contribution is 7.92. The molecule has 36 heavy (non-hydrogen) atoms. The number of methoxy groups -OCH3 is 1. The van der Waals surface area contributed by atoms with E-state index in [2.05, 4.69) is 5.32 Å². The Balaban J connectivity index is 1.40. The van der Waals surface area contributed by atoms with Gasteiger partial charge >= 0.3 is 5.97 Å². The number of nitrogens with one attached hydrogen (secondary N) is 1. The van der Waals surface area contributed by atoms with Gasteiger partial charge in [-0.15, -0.1) is 0 Å². The largest absolute Gasteiger partial charge is 0.497 e. The first-order valence-electron chi connectivity index (χ1n) is 12.0. The molecular weight excluding hydrogens is 504 g/mol. The van der Waals surface area contributed by atoms with Crippen LogP contribution in [-0.4, -0.2) is 47.1 Å². The van der Waals surface area contributed by atoms with E-state index in [1.807, 2.05) is 6.92 Å². The highest BCUT2D eigenvalue weighted by atomic mass is 35.5. The van der Waals surface area contributed by atoms with E-state index in [4.69, 9.17) is 21.1 Å². The van der Waals surface area contributed by atoms with Gasteiger partial charge in [0.1, 0.15) is 5.75 Å². The third kappa shape index (κ3) is 5.47. The van der Waals surface area contributed by atoms with Crippen LogP contribution in [0.5, 0.6) is 5.75 Å². The molecule has 2 bridgehead atoms. The van der Waals surface area contributed by atoms with Crippen LogP contribution < -0.4 is 14.4 Å². The number of hydrogen-bond donors (Lipinski definition) is 1. The number of esters is 1. The van der Waals surface area contributed by atoms with Gasteiger partial charge in [0.2, 0.25) is 0 Å². The van der Waals surface area contributed by atoms with Crippen molar-refractivity contribution in [1.82, 2.24) is 5.32 Å². The van der Waals surface area contributed by atoms with Crippen molar-refractivity contribution < 1.29 is 27.5 Å². The van der Waals surface area contributed by atoms with Crippen LogP contribution >= 0.6 is 11.6 Å². The van der Waals surface area contributed by atoms with Crippen LogP contribution in [0.15, 0.2) is 47.4 Å². The van der Waals surface area contributed by atoms with Crippen molar-refractivity contribution in [2.45, 2.75) is 43.5 Å². The Kier molecular flexibility index (Phi) is 7.80. The molecule has 4 atom stereocenters. The summed E-state index contributed by atoms with van der Waals surface area (Å²) in [7, 11) is -1.07. The van der Waals surface area contributed by atoms with Crippen LogP contribution in [0.2, 0.25) is 5.02 Å². The molecule has 2 aliphatic rings. The van der Waals surface area contributed by atoms with E-state index in [-0.39, 0.29) is 21.5 Å². The Hall–Kier alpha value is -2.78. The minimum Gasteiger partial charge on any atom is -0.497 e. The molecule has 0 aromatic heterocycles. The number of halogens is 1. The third-order valence-electron chi connectivity index (χ3n) is 7.41. The van der Waals surface area contributed by atoms with Gasteiger partial charge in [-0.3, -0.25) is 9.10 Å². The fourth-order valence-corrected chi connectivity index (χ4v) is 6.85. The zero-order chi connectivity index (χ0) is 26.0. The topological polar surface area (TPSA) is 102 Å². The summed E-state index contributed by atoms with van der Waals surface area (Å²) in [6, 6.07) is 10.3. The molecule has 194 valence electrons. The van der Waals surface area contributed by atoms with Gasteiger partial charge in [0.15, 0.2) is 6.61 Å². The predicted molar refractivity (Wildman–Crippen MR) is 137 cm³/mol. The molecule has 0 saturated heterocycles. The Labute approximate surface area is 217 Å². The van der Waals surface area contributed by atoms with Crippen molar-refractivity contribution in [2.24, 2.45) is 17.8 Å². The number of nitrogens with zero attached hydrogens (tertiary/aromatic N) is 1. The van der Waals surface area contributed by atoms with Crippen molar-refractivity contribution in [1.29, 1.82) is 0 Å². The number of amides is 1. The van der Waals surface area contributed by atoms with Gasteiger partial charge in [-0.05, 0) is 86.4 Å². The minimum atomic E-state index is -4.00. The molecule has 0 spiro atoms. The van der Waals surface area contributed by atoms with Crippen LogP contribution in [0, 0.1) is 17.8 Å². The summed E-state index contributed by atoms with van der Waals surface area (Å²) >= 11 is 6.17. The highest BCUT2D eigenvalue weighted by Gasteiger charge is 2.42. The summed E-state index contributed by atoms with van der Waals surface area (Å²) in [4.78, 5) is 25.0. The number of sulfonamides is 1. The summed E-state index contributed by atoms with van der Waals surface area (Å²) in [5, 5.41) is 2.97. The van der Waals surface area contributed by atoms with E-state index >= 15 is 0 Å². The number of carbonyl (C=O) groups excluding carboxylic acids is 2. The Morgan fingerprint density at radius 1 is 1.14 bits per heavy atom. The molecule has 2 fully saturated rings. The minimum absolute atomic E-state index is 0.0112. The lowest BCUT2D eigenvalue weighted by Crippen LogP contribution is -2.42. The van der Waals surface area contributed by atoms with Crippen molar-refractivity contribution in [3.63, 3.8) is 0 Å². The van der Waals surface area contributed by atoms with Gasteiger partial charge in [0.25, 0.3) is 15.9 Å². The maximum atomic E-state index is 13.2. The molecule has 0 aliphatic heterocycles. The van der Waals surface area contributed by atoms with Gasteiger partial charge in [0, 0.05) is 13.1 Å². The Bertz CT molecular complexity index is 1230. The van der Waals surface area contributed by atoms with Crippen molar-refractivity contribution in [3.05, 3.63) is 53.1 Å².